The maximum atomic E-state index is 12.5. The van der Waals surface area contributed by atoms with Crippen molar-refractivity contribution in [1.29, 1.82) is 0 Å². The Morgan fingerprint density at radius 2 is 2.00 bits per heavy atom. The zero-order valence-electron chi connectivity index (χ0n) is 12.9. The predicted octanol–water partition coefficient (Wildman–Crippen LogP) is 4.02. The van der Waals surface area contributed by atoms with Crippen LogP contribution in [0.1, 0.15) is 15.2 Å². The van der Waals surface area contributed by atoms with Crippen LogP contribution in [0.15, 0.2) is 60.2 Å². The summed E-state index contributed by atoms with van der Waals surface area (Å²) < 4.78 is 1.79. The van der Waals surface area contributed by atoms with Gasteiger partial charge in [0.15, 0.2) is 0 Å². The molecule has 0 saturated carbocycles. The average molecular weight is 334 g/mol. The number of amides is 1. The Kier molecular flexibility index (Phi) is 3.59. The highest BCUT2D eigenvalue weighted by atomic mass is 32.1. The second-order valence-electron chi connectivity index (χ2n) is 5.40. The lowest BCUT2D eigenvalue weighted by molar-refractivity contribution is 0.103. The molecule has 24 heavy (non-hydrogen) atoms. The second kappa shape index (κ2) is 5.90. The van der Waals surface area contributed by atoms with Gasteiger partial charge in [0, 0.05) is 18.0 Å². The molecule has 0 fully saturated rings. The van der Waals surface area contributed by atoms with Crippen LogP contribution in [0.2, 0.25) is 0 Å². The first-order chi connectivity index (χ1) is 11.7. The van der Waals surface area contributed by atoms with E-state index >= 15 is 0 Å². The molecule has 3 heterocycles. The highest BCUT2D eigenvalue weighted by Crippen LogP contribution is 2.29. The van der Waals surface area contributed by atoms with E-state index in [9.17, 15) is 4.79 Å². The van der Waals surface area contributed by atoms with E-state index in [1.54, 1.807) is 16.7 Å². The molecule has 0 aliphatic carbocycles. The standard InChI is InChI=1S/C18H14N4OS/c1-12-5-7-13(8-6-12)15-16(21-17(23)14-4-2-11-24-14)22-10-3-9-19-18(22)20-15/h2-11H,1H3,(H,21,23). The Labute approximate surface area is 142 Å². The lowest BCUT2D eigenvalue weighted by Gasteiger charge is -2.07. The van der Waals surface area contributed by atoms with Crippen molar-refractivity contribution in [2.45, 2.75) is 6.92 Å². The van der Waals surface area contributed by atoms with Crippen LogP contribution in [0.5, 0.6) is 0 Å². The molecule has 4 rings (SSSR count). The number of hydrogen-bond acceptors (Lipinski definition) is 4. The fraction of sp³-hybridized carbons (Fsp3) is 0.0556. The number of hydrogen-bond donors (Lipinski definition) is 1. The van der Waals surface area contributed by atoms with E-state index in [0.29, 0.717) is 22.2 Å². The number of imidazole rings is 1. The quantitative estimate of drug-likeness (QED) is 0.615. The van der Waals surface area contributed by atoms with Gasteiger partial charge in [-0.15, -0.1) is 11.3 Å². The number of thiophene rings is 1. The lowest BCUT2D eigenvalue weighted by Crippen LogP contribution is -2.12. The van der Waals surface area contributed by atoms with Gasteiger partial charge in [0.25, 0.3) is 5.91 Å². The van der Waals surface area contributed by atoms with Gasteiger partial charge in [-0.05, 0) is 24.4 Å². The summed E-state index contributed by atoms with van der Waals surface area (Å²) in [7, 11) is 0. The molecule has 6 heteroatoms. The van der Waals surface area contributed by atoms with Gasteiger partial charge < -0.3 is 5.32 Å². The molecular formula is C18H14N4OS. The highest BCUT2D eigenvalue weighted by Gasteiger charge is 2.18. The first-order valence-corrected chi connectivity index (χ1v) is 8.35. The number of aryl methyl sites for hydroxylation is 1. The Bertz CT molecular complexity index is 1000. The van der Waals surface area contributed by atoms with Crippen LogP contribution in [0.4, 0.5) is 5.82 Å². The van der Waals surface area contributed by atoms with Crippen LogP contribution >= 0.6 is 11.3 Å². The number of nitrogens with one attached hydrogen (secondary N) is 1. The molecule has 5 nitrogen and oxygen atoms in total. The van der Waals surface area contributed by atoms with Crippen molar-refractivity contribution >= 4 is 28.8 Å². The molecule has 0 radical (unpaired) electrons. The first-order valence-electron chi connectivity index (χ1n) is 7.47. The topological polar surface area (TPSA) is 59.3 Å². The van der Waals surface area contributed by atoms with Crippen LogP contribution in [0.25, 0.3) is 17.0 Å². The Balaban J connectivity index is 1.84. The number of rotatable bonds is 3. The largest absolute Gasteiger partial charge is 0.305 e. The summed E-state index contributed by atoms with van der Waals surface area (Å²) in [5.41, 5.74) is 2.82. The van der Waals surface area contributed by atoms with Crippen molar-refractivity contribution < 1.29 is 4.79 Å². The van der Waals surface area contributed by atoms with Crippen molar-refractivity contribution in [3.8, 4) is 11.3 Å². The number of carbonyl (C=O) groups is 1. The molecule has 0 bridgehead atoms. The monoisotopic (exact) mass is 334 g/mol. The maximum absolute atomic E-state index is 12.5. The van der Waals surface area contributed by atoms with Crippen molar-refractivity contribution in [3.63, 3.8) is 0 Å². The summed E-state index contributed by atoms with van der Waals surface area (Å²) in [4.78, 5) is 22.0. The summed E-state index contributed by atoms with van der Waals surface area (Å²) in [6, 6.07) is 13.5. The van der Waals surface area contributed by atoms with E-state index in [1.165, 1.54) is 16.9 Å². The van der Waals surface area contributed by atoms with Crippen molar-refractivity contribution in [2.75, 3.05) is 5.32 Å². The fourth-order valence-corrected chi connectivity index (χ4v) is 3.12. The van der Waals surface area contributed by atoms with E-state index in [2.05, 4.69) is 15.3 Å². The van der Waals surface area contributed by atoms with Crippen molar-refractivity contribution in [2.24, 2.45) is 0 Å². The molecule has 0 atom stereocenters. The highest BCUT2D eigenvalue weighted by molar-refractivity contribution is 7.12. The van der Waals surface area contributed by atoms with Gasteiger partial charge >= 0.3 is 0 Å². The summed E-state index contributed by atoms with van der Waals surface area (Å²) >= 11 is 1.40. The van der Waals surface area contributed by atoms with E-state index in [-0.39, 0.29) is 5.91 Å². The zero-order valence-corrected chi connectivity index (χ0v) is 13.7. The minimum Gasteiger partial charge on any atom is -0.305 e. The molecule has 1 amide bonds. The predicted molar refractivity (Wildman–Crippen MR) is 95.4 cm³/mol. The minimum absolute atomic E-state index is 0.149. The van der Waals surface area contributed by atoms with Gasteiger partial charge in [-0.2, -0.15) is 0 Å². The fourth-order valence-electron chi connectivity index (χ4n) is 2.50. The number of carbonyl (C=O) groups excluding carboxylic acids is 1. The van der Waals surface area contributed by atoms with Gasteiger partial charge in [0.2, 0.25) is 5.78 Å². The average Bonchev–Trinajstić information content (AvgIpc) is 3.24. The van der Waals surface area contributed by atoms with Crippen LogP contribution in [-0.4, -0.2) is 20.3 Å². The number of aromatic nitrogens is 3. The van der Waals surface area contributed by atoms with Crippen molar-refractivity contribution in [1.82, 2.24) is 14.4 Å². The molecule has 1 N–H and O–H groups in total. The summed E-state index contributed by atoms with van der Waals surface area (Å²) in [6.07, 6.45) is 3.53. The number of fused-ring (bicyclic) bond motifs is 1. The van der Waals surface area contributed by atoms with Gasteiger partial charge in [0.05, 0.1) is 4.88 Å². The smallest absolute Gasteiger partial charge is 0.266 e. The maximum Gasteiger partial charge on any atom is 0.266 e. The summed E-state index contributed by atoms with van der Waals surface area (Å²) in [6.45, 7) is 2.04. The molecule has 3 aromatic heterocycles. The molecule has 0 aliphatic rings. The van der Waals surface area contributed by atoms with E-state index in [0.717, 1.165) is 5.56 Å². The molecule has 0 aliphatic heterocycles. The molecule has 0 spiro atoms. The molecule has 1 aromatic carbocycles. The Hall–Kier alpha value is -2.99. The summed E-state index contributed by atoms with van der Waals surface area (Å²) in [5, 5.41) is 4.86. The molecule has 0 unspecified atom stereocenters. The van der Waals surface area contributed by atoms with Gasteiger partial charge in [-0.1, -0.05) is 35.9 Å². The van der Waals surface area contributed by atoms with E-state index < -0.39 is 0 Å². The van der Waals surface area contributed by atoms with E-state index in [4.69, 9.17) is 0 Å². The van der Waals surface area contributed by atoms with Crippen LogP contribution < -0.4 is 5.32 Å². The van der Waals surface area contributed by atoms with E-state index in [1.807, 2.05) is 54.9 Å². The summed E-state index contributed by atoms with van der Waals surface area (Å²) in [5.74, 6) is 1.03. The van der Waals surface area contributed by atoms with Gasteiger partial charge in [-0.3, -0.25) is 9.20 Å². The number of anilines is 1. The first kappa shape index (κ1) is 14.6. The van der Waals surface area contributed by atoms with Gasteiger partial charge in [0.1, 0.15) is 11.5 Å². The molecular weight excluding hydrogens is 320 g/mol. The second-order valence-corrected chi connectivity index (χ2v) is 6.34. The third-order valence-corrected chi connectivity index (χ3v) is 4.57. The minimum atomic E-state index is -0.149. The SMILES string of the molecule is Cc1ccc(-c2nc3ncccn3c2NC(=O)c2cccs2)cc1. The number of nitrogens with zero attached hydrogens (tertiary/aromatic N) is 3. The molecule has 4 aromatic rings. The van der Waals surface area contributed by atoms with Crippen molar-refractivity contribution in [3.05, 3.63) is 70.7 Å². The zero-order chi connectivity index (χ0) is 16.5. The Morgan fingerprint density at radius 1 is 1.17 bits per heavy atom. The molecule has 0 saturated heterocycles. The third-order valence-electron chi connectivity index (χ3n) is 3.71. The number of benzene rings is 1. The third kappa shape index (κ3) is 2.57. The lowest BCUT2D eigenvalue weighted by atomic mass is 10.1. The Morgan fingerprint density at radius 3 is 2.75 bits per heavy atom. The van der Waals surface area contributed by atoms with Crippen LogP contribution in [-0.2, 0) is 0 Å². The van der Waals surface area contributed by atoms with Crippen LogP contribution in [0, 0.1) is 6.92 Å². The molecule has 118 valence electrons. The van der Waals surface area contributed by atoms with Gasteiger partial charge in [-0.25, -0.2) is 9.97 Å². The van der Waals surface area contributed by atoms with Crippen LogP contribution in [0.3, 0.4) is 0 Å². The normalized spacial score (nSPS) is 10.9.